The number of imidazole rings is 1. The number of aromatic amines is 1. The number of fused-ring (bicyclic) bond motifs is 1. The predicted molar refractivity (Wildman–Crippen MR) is 75.3 cm³/mol. The van der Waals surface area contributed by atoms with Gasteiger partial charge in [0.2, 0.25) is 5.91 Å². The molecule has 1 aromatic carbocycles. The Morgan fingerprint density at radius 2 is 2.14 bits per heavy atom. The van der Waals surface area contributed by atoms with E-state index in [0.717, 1.165) is 12.8 Å². The maximum absolute atomic E-state index is 11.9. The minimum Gasteiger partial charge on any atom is -0.478 e. The molecule has 1 heterocycles. The molecule has 1 aliphatic carbocycles. The van der Waals surface area contributed by atoms with Crippen molar-refractivity contribution in [2.75, 3.05) is 0 Å². The van der Waals surface area contributed by atoms with Gasteiger partial charge in [0.1, 0.15) is 0 Å². The first-order valence-corrected chi connectivity index (χ1v) is 6.80. The SMILES string of the molecule is O=C(CCn1c(=O)[nH]c2cccc(C(=O)O)c21)NC1CC1. The smallest absolute Gasteiger partial charge is 0.337 e. The quantitative estimate of drug-likeness (QED) is 0.753. The molecule has 1 fully saturated rings. The third-order valence-electron chi connectivity index (χ3n) is 3.53. The third kappa shape index (κ3) is 2.67. The van der Waals surface area contributed by atoms with Crippen molar-refractivity contribution in [3.05, 3.63) is 34.2 Å². The zero-order chi connectivity index (χ0) is 15.0. The Morgan fingerprint density at radius 3 is 2.81 bits per heavy atom. The van der Waals surface area contributed by atoms with Crippen molar-refractivity contribution in [3.8, 4) is 0 Å². The molecule has 2 aromatic rings. The van der Waals surface area contributed by atoms with E-state index in [9.17, 15) is 19.5 Å². The number of carboxylic acids is 1. The van der Waals surface area contributed by atoms with Crippen LogP contribution in [0, 0.1) is 0 Å². The average Bonchev–Trinajstić information content (AvgIpc) is 3.17. The van der Waals surface area contributed by atoms with E-state index in [2.05, 4.69) is 10.3 Å². The van der Waals surface area contributed by atoms with Gasteiger partial charge in [-0.2, -0.15) is 0 Å². The second-order valence-electron chi connectivity index (χ2n) is 5.18. The van der Waals surface area contributed by atoms with Crippen molar-refractivity contribution in [3.63, 3.8) is 0 Å². The lowest BCUT2D eigenvalue weighted by molar-refractivity contribution is -0.121. The Labute approximate surface area is 119 Å². The minimum atomic E-state index is -1.10. The zero-order valence-corrected chi connectivity index (χ0v) is 11.3. The van der Waals surface area contributed by atoms with Crippen LogP contribution in [0.3, 0.4) is 0 Å². The number of para-hydroxylation sites is 1. The van der Waals surface area contributed by atoms with Gasteiger partial charge in [0.15, 0.2) is 0 Å². The van der Waals surface area contributed by atoms with Crippen LogP contribution < -0.4 is 11.0 Å². The van der Waals surface area contributed by atoms with Crippen molar-refractivity contribution < 1.29 is 14.7 Å². The number of aromatic nitrogens is 2. The largest absolute Gasteiger partial charge is 0.478 e. The molecule has 1 amide bonds. The van der Waals surface area contributed by atoms with Gasteiger partial charge in [0, 0.05) is 19.0 Å². The standard InChI is InChI=1S/C14H15N3O4/c18-11(15-8-4-5-8)6-7-17-12-9(13(19)20)2-1-3-10(12)16-14(17)21/h1-3,8H,4-7H2,(H,15,18)(H,16,21)(H,19,20). The second-order valence-corrected chi connectivity index (χ2v) is 5.18. The van der Waals surface area contributed by atoms with Crippen molar-refractivity contribution in [1.82, 2.24) is 14.9 Å². The summed E-state index contributed by atoms with van der Waals surface area (Å²) < 4.78 is 1.31. The summed E-state index contributed by atoms with van der Waals surface area (Å²) in [4.78, 5) is 37.5. The van der Waals surface area contributed by atoms with E-state index >= 15 is 0 Å². The molecular weight excluding hydrogens is 274 g/mol. The molecule has 1 saturated carbocycles. The second kappa shape index (κ2) is 5.08. The van der Waals surface area contributed by atoms with Gasteiger partial charge < -0.3 is 15.4 Å². The van der Waals surface area contributed by atoms with Crippen molar-refractivity contribution in [1.29, 1.82) is 0 Å². The van der Waals surface area contributed by atoms with E-state index < -0.39 is 11.7 Å². The van der Waals surface area contributed by atoms with Gasteiger partial charge in [-0.3, -0.25) is 9.36 Å². The number of nitrogens with zero attached hydrogens (tertiary/aromatic N) is 1. The number of rotatable bonds is 5. The Kier molecular flexibility index (Phi) is 3.25. The van der Waals surface area contributed by atoms with Crippen LogP contribution in [0.15, 0.2) is 23.0 Å². The predicted octanol–water partition coefficient (Wildman–Crippen LogP) is 0.696. The number of carboxylic acid groups (broad SMARTS) is 1. The summed E-state index contributed by atoms with van der Waals surface area (Å²) in [5.41, 5.74) is 0.433. The first kappa shape index (κ1) is 13.4. The summed E-state index contributed by atoms with van der Waals surface area (Å²) in [6.07, 6.45) is 2.15. The average molecular weight is 289 g/mol. The van der Waals surface area contributed by atoms with Gasteiger partial charge in [0.25, 0.3) is 0 Å². The van der Waals surface area contributed by atoms with Crippen LogP contribution in [0.4, 0.5) is 0 Å². The third-order valence-corrected chi connectivity index (χ3v) is 3.53. The number of benzene rings is 1. The maximum Gasteiger partial charge on any atom is 0.337 e. The fraction of sp³-hybridized carbons (Fsp3) is 0.357. The van der Waals surface area contributed by atoms with E-state index in [1.807, 2.05) is 0 Å². The van der Waals surface area contributed by atoms with Gasteiger partial charge in [-0.1, -0.05) is 6.07 Å². The molecule has 0 bridgehead atoms. The summed E-state index contributed by atoms with van der Waals surface area (Å²) in [7, 11) is 0. The lowest BCUT2D eigenvalue weighted by atomic mass is 10.2. The fourth-order valence-electron chi connectivity index (χ4n) is 2.35. The number of aryl methyl sites for hydroxylation is 1. The number of carbonyl (C=O) groups is 2. The molecule has 3 rings (SSSR count). The van der Waals surface area contributed by atoms with E-state index in [1.54, 1.807) is 12.1 Å². The lowest BCUT2D eigenvalue weighted by Crippen LogP contribution is -2.28. The Bertz CT molecular complexity index is 770. The number of amides is 1. The number of H-pyrrole nitrogens is 1. The van der Waals surface area contributed by atoms with Gasteiger partial charge in [-0.15, -0.1) is 0 Å². The summed E-state index contributed by atoms with van der Waals surface area (Å²) in [5, 5.41) is 12.1. The van der Waals surface area contributed by atoms with Gasteiger partial charge in [-0.05, 0) is 25.0 Å². The highest BCUT2D eigenvalue weighted by Crippen LogP contribution is 2.19. The molecule has 0 saturated heterocycles. The molecule has 7 heteroatoms. The minimum absolute atomic E-state index is 0.0495. The Balaban J connectivity index is 1.89. The van der Waals surface area contributed by atoms with Crippen LogP contribution in [-0.4, -0.2) is 32.6 Å². The highest BCUT2D eigenvalue weighted by atomic mass is 16.4. The van der Waals surface area contributed by atoms with E-state index in [0.29, 0.717) is 11.0 Å². The molecular formula is C14H15N3O4. The Hall–Kier alpha value is -2.57. The molecule has 0 aliphatic heterocycles. The van der Waals surface area contributed by atoms with Crippen LogP contribution in [0.25, 0.3) is 11.0 Å². The normalized spacial score (nSPS) is 14.3. The topological polar surface area (TPSA) is 104 Å². The van der Waals surface area contributed by atoms with Crippen LogP contribution in [0.5, 0.6) is 0 Å². The van der Waals surface area contributed by atoms with Crippen LogP contribution in [0.2, 0.25) is 0 Å². The molecule has 3 N–H and O–H groups in total. The molecule has 7 nitrogen and oxygen atoms in total. The summed E-state index contributed by atoms with van der Waals surface area (Å²) in [6, 6.07) is 4.93. The zero-order valence-electron chi connectivity index (χ0n) is 11.3. The molecule has 0 radical (unpaired) electrons. The number of hydrogen-bond donors (Lipinski definition) is 3. The van der Waals surface area contributed by atoms with Crippen LogP contribution >= 0.6 is 0 Å². The fourth-order valence-corrected chi connectivity index (χ4v) is 2.35. The van der Waals surface area contributed by atoms with Crippen LogP contribution in [0.1, 0.15) is 29.6 Å². The van der Waals surface area contributed by atoms with E-state index in [4.69, 9.17) is 0 Å². The number of hydrogen-bond acceptors (Lipinski definition) is 3. The Morgan fingerprint density at radius 1 is 1.38 bits per heavy atom. The van der Waals surface area contributed by atoms with Gasteiger partial charge in [0.05, 0.1) is 16.6 Å². The van der Waals surface area contributed by atoms with Crippen molar-refractivity contribution >= 4 is 22.9 Å². The molecule has 1 aliphatic rings. The first-order valence-electron chi connectivity index (χ1n) is 6.80. The van der Waals surface area contributed by atoms with Crippen LogP contribution in [-0.2, 0) is 11.3 Å². The van der Waals surface area contributed by atoms with E-state index in [1.165, 1.54) is 10.6 Å². The van der Waals surface area contributed by atoms with E-state index in [-0.39, 0.29) is 30.5 Å². The molecule has 0 unspecified atom stereocenters. The molecule has 21 heavy (non-hydrogen) atoms. The molecule has 1 aromatic heterocycles. The maximum atomic E-state index is 11.9. The number of aromatic carboxylic acids is 1. The molecule has 0 atom stereocenters. The van der Waals surface area contributed by atoms with Crippen molar-refractivity contribution in [2.45, 2.75) is 31.8 Å². The number of nitrogens with one attached hydrogen (secondary N) is 2. The number of carbonyl (C=O) groups excluding carboxylic acids is 1. The highest BCUT2D eigenvalue weighted by molar-refractivity contribution is 6.01. The monoisotopic (exact) mass is 289 g/mol. The van der Waals surface area contributed by atoms with Gasteiger partial charge >= 0.3 is 11.7 Å². The summed E-state index contributed by atoms with van der Waals surface area (Å²) >= 11 is 0. The lowest BCUT2D eigenvalue weighted by Gasteiger charge is -2.06. The molecule has 0 spiro atoms. The first-order chi connectivity index (χ1) is 10.1. The molecule has 110 valence electrons. The van der Waals surface area contributed by atoms with Gasteiger partial charge in [-0.25, -0.2) is 9.59 Å². The van der Waals surface area contributed by atoms with Crippen molar-refractivity contribution in [2.24, 2.45) is 0 Å². The highest BCUT2D eigenvalue weighted by Gasteiger charge is 2.23. The summed E-state index contributed by atoms with van der Waals surface area (Å²) in [5.74, 6) is -1.22. The summed E-state index contributed by atoms with van der Waals surface area (Å²) in [6.45, 7) is 0.154.